The molecular formula is C28H24FN5O2. The number of imidazole rings is 1. The van der Waals surface area contributed by atoms with E-state index in [0.717, 1.165) is 28.6 Å². The summed E-state index contributed by atoms with van der Waals surface area (Å²) < 4.78 is 15.6. The molecule has 2 unspecified atom stereocenters. The molecule has 0 spiro atoms. The molecule has 36 heavy (non-hydrogen) atoms. The summed E-state index contributed by atoms with van der Waals surface area (Å²) in [6.45, 7) is 1.72. The molecule has 1 fully saturated rings. The fraction of sp³-hybridized carbons (Fsp3) is 0.214. The van der Waals surface area contributed by atoms with Crippen LogP contribution >= 0.6 is 0 Å². The predicted octanol–water partition coefficient (Wildman–Crippen LogP) is 3.92. The van der Waals surface area contributed by atoms with Gasteiger partial charge in [0.2, 0.25) is 11.7 Å². The summed E-state index contributed by atoms with van der Waals surface area (Å²) in [6, 6.07) is 12.2. The first-order chi connectivity index (χ1) is 17.4. The molecule has 2 aliphatic rings. The van der Waals surface area contributed by atoms with Crippen LogP contribution in [0.2, 0.25) is 0 Å². The molecule has 2 amide bonds. The van der Waals surface area contributed by atoms with E-state index in [0.29, 0.717) is 11.3 Å². The number of allylic oxidation sites excluding steroid dienone is 1. The number of rotatable bonds is 5. The Labute approximate surface area is 206 Å². The second-order valence-electron chi connectivity index (χ2n) is 9.53. The number of fused-ring (bicyclic) bond motifs is 3. The number of benzene rings is 1. The number of carbonyl (C=O) groups excluding carboxylic acids is 2. The minimum Gasteiger partial charge on any atom is -0.369 e. The summed E-state index contributed by atoms with van der Waals surface area (Å²) in [5.41, 5.74) is 10.1. The average molecular weight is 482 g/mol. The number of hydrogen-bond donors (Lipinski definition) is 2. The van der Waals surface area contributed by atoms with Crippen molar-refractivity contribution in [3.05, 3.63) is 90.4 Å². The maximum atomic E-state index is 13.9. The summed E-state index contributed by atoms with van der Waals surface area (Å²) >= 11 is 0. The molecule has 3 aromatic heterocycles. The van der Waals surface area contributed by atoms with Crippen LogP contribution in [0.15, 0.2) is 73.2 Å². The van der Waals surface area contributed by atoms with Crippen LogP contribution in [-0.2, 0) is 4.79 Å². The van der Waals surface area contributed by atoms with Crippen LogP contribution in [0.3, 0.4) is 0 Å². The molecule has 6 rings (SSSR count). The highest BCUT2D eigenvalue weighted by atomic mass is 19.1. The minimum atomic E-state index is -0.414. The van der Waals surface area contributed by atoms with Gasteiger partial charge in [-0.25, -0.2) is 9.37 Å². The topological polar surface area (TPSA) is 102 Å². The van der Waals surface area contributed by atoms with Gasteiger partial charge in [-0.15, -0.1) is 0 Å². The largest absolute Gasteiger partial charge is 0.369 e. The number of pyridine rings is 2. The molecule has 3 N–H and O–H groups in total. The number of nitrogens with zero attached hydrogens (tertiary/aromatic N) is 3. The van der Waals surface area contributed by atoms with Gasteiger partial charge in [-0.05, 0) is 61.1 Å². The standard InChI is InChI=1S/C28H24FN5O2/c1-15-11-17(7-9-22(15)29)24-21(3-2-10-31-24)19-6-8-20-13-32-27(34(20)14-19)28(36)33-25-18-5-4-16(12-18)23(25)26(30)35/h2-11,13-14,16,18,23,25H,12H2,1H3,(H2,30,35)(H,33,36)/t16?,18?,23-,25+/m0/s1. The lowest BCUT2D eigenvalue weighted by atomic mass is 9.88. The zero-order valence-electron chi connectivity index (χ0n) is 19.6. The first-order valence-corrected chi connectivity index (χ1v) is 11.9. The molecule has 2 bridgehead atoms. The second kappa shape index (κ2) is 8.41. The number of nitrogens with one attached hydrogen (secondary N) is 1. The van der Waals surface area contributed by atoms with Crippen LogP contribution in [0, 0.1) is 30.5 Å². The fourth-order valence-corrected chi connectivity index (χ4v) is 5.60. The Kier molecular flexibility index (Phi) is 5.17. The van der Waals surface area contributed by atoms with Crippen LogP contribution in [-0.4, -0.2) is 32.2 Å². The number of carbonyl (C=O) groups is 2. The van der Waals surface area contributed by atoms with Gasteiger partial charge >= 0.3 is 0 Å². The van der Waals surface area contributed by atoms with Gasteiger partial charge in [0.1, 0.15) is 5.82 Å². The van der Waals surface area contributed by atoms with Crippen molar-refractivity contribution in [2.75, 3.05) is 0 Å². The van der Waals surface area contributed by atoms with E-state index < -0.39 is 11.8 Å². The molecule has 4 aromatic rings. The highest BCUT2D eigenvalue weighted by Crippen LogP contribution is 2.43. The van der Waals surface area contributed by atoms with E-state index in [2.05, 4.69) is 21.4 Å². The zero-order valence-corrected chi connectivity index (χ0v) is 19.6. The summed E-state index contributed by atoms with van der Waals surface area (Å²) in [5, 5.41) is 3.02. The number of halogens is 1. The van der Waals surface area contributed by atoms with Crippen molar-refractivity contribution in [2.24, 2.45) is 23.5 Å². The van der Waals surface area contributed by atoms with Gasteiger partial charge in [-0.2, -0.15) is 0 Å². The smallest absolute Gasteiger partial charge is 0.287 e. The molecular weight excluding hydrogens is 457 g/mol. The fourth-order valence-electron chi connectivity index (χ4n) is 5.60. The summed E-state index contributed by atoms with van der Waals surface area (Å²) in [6.07, 6.45) is 10.1. The maximum Gasteiger partial charge on any atom is 0.287 e. The first kappa shape index (κ1) is 22.2. The quantitative estimate of drug-likeness (QED) is 0.422. The van der Waals surface area contributed by atoms with Gasteiger partial charge in [0.05, 0.1) is 23.3 Å². The Bertz CT molecular complexity index is 1560. The van der Waals surface area contributed by atoms with Crippen LogP contribution in [0.5, 0.6) is 0 Å². The molecule has 0 aliphatic heterocycles. The molecule has 180 valence electrons. The SMILES string of the molecule is Cc1cc(-c2ncccc2-c2ccc3cnc(C(=O)N[C@@H]4C5C=CC(C5)[C@@H]4C(N)=O)n3c2)ccc1F. The summed E-state index contributed by atoms with van der Waals surface area (Å²) in [5.74, 6) is -1.04. The maximum absolute atomic E-state index is 13.9. The van der Waals surface area contributed by atoms with Crippen LogP contribution in [0.25, 0.3) is 27.9 Å². The Morgan fingerprint density at radius 3 is 2.69 bits per heavy atom. The van der Waals surface area contributed by atoms with Crippen molar-refractivity contribution in [3.63, 3.8) is 0 Å². The lowest BCUT2D eigenvalue weighted by Crippen LogP contribution is -2.48. The Morgan fingerprint density at radius 2 is 1.89 bits per heavy atom. The van der Waals surface area contributed by atoms with E-state index >= 15 is 0 Å². The molecule has 8 heteroatoms. The number of primary amides is 1. The lowest BCUT2D eigenvalue weighted by Gasteiger charge is -2.26. The molecule has 3 heterocycles. The predicted molar refractivity (Wildman–Crippen MR) is 133 cm³/mol. The minimum absolute atomic E-state index is 0.0699. The van der Waals surface area contributed by atoms with E-state index in [1.165, 1.54) is 6.07 Å². The van der Waals surface area contributed by atoms with Crippen LogP contribution in [0.4, 0.5) is 4.39 Å². The van der Waals surface area contributed by atoms with Crippen molar-refractivity contribution < 1.29 is 14.0 Å². The molecule has 1 aromatic carbocycles. The Morgan fingerprint density at radius 1 is 1.08 bits per heavy atom. The van der Waals surface area contributed by atoms with Crippen molar-refractivity contribution in [1.29, 1.82) is 0 Å². The molecule has 1 saturated carbocycles. The molecule has 4 atom stereocenters. The highest BCUT2D eigenvalue weighted by Gasteiger charge is 2.48. The van der Waals surface area contributed by atoms with E-state index in [1.54, 1.807) is 35.9 Å². The molecule has 0 saturated heterocycles. The first-order valence-electron chi connectivity index (χ1n) is 11.9. The number of aromatic nitrogens is 3. The monoisotopic (exact) mass is 481 g/mol. The van der Waals surface area contributed by atoms with Gasteiger partial charge < -0.3 is 11.1 Å². The lowest BCUT2D eigenvalue weighted by molar-refractivity contribution is -0.123. The molecule has 0 radical (unpaired) electrons. The third-order valence-electron chi connectivity index (χ3n) is 7.37. The molecule has 7 nitrogen and oxygen atoms in total. The highest BCUT2D eigenvalue weighted by molar-refractivity contribution is 5.93. The normalized spacial score (nSPS) is 22.3. The van der Waals surface area contributed by atoms with Gasteiger partial charge in [-0.3, -0.25) is 19.0 Å². The van der Waals surface area contributed by atoms with Crippen LogP contribution < -0.4 is 11.1 Å². The average Bonchev–Trinajstić information content (AvgIpc) is 3.60. The van der Waals surface area contributed by atoms with Crippen molar-refractivity contribution in [3.8, 4) is 22.4 Å². The Balaban J connectivity index is 1.36. The number of nitrogens with two attached hydrogens (primary N) is 1. The van der Waals surface area contributed by atoms with Crippen LogP contribution in [0.1, 0.15) is 22.6 Å². The number of aryl methyl sites for hydroxylation is 1. The van der Waals surface area contributed by atoms with E-state index in [1.807, 2.05) is 36.5 Å². The van der Waals surface area contributed by atoms with Crippen molar-refractivity contribution in [1.82, 2.24) is 19.7 Å². The summed E-state index contributed by atoms with van der Waals surface area (Å²) in [4.78, 5) is 34.3. The van der Waals surface area contributed by atoms with Gasteiger partial charge in [-0.1, -0.05) is 24.3 Å². The van der Waals surface area contributed by atoms with Crippen molar-refractivity contribution in [2.45, 2.75) is 19.4 Å². The third-order valence-corrected chi connectivity index (χ3v) is 7.37. The second-order valence-corrected chi connectivity index (χ2v) is 9.53. The summed E-state index contributed by atoms with van der Waals surface area (Å²) in [7, 11) is 0. The van der Waals surface area contributed by atoms with Gasteiger partial charge in [0.25, 0.3) is 5.91 Å². The van der Waals surface area contributed by atoms with E-state index in [4.69, 9.17) is 5.73 Å². The third kappa shape index (κ3) is 3.57. The number of amides is 2. The van der Waals surface area contributed by atoms with Crippen molar-refractivity contribution >= 4 is 17.3 Å². The molecule has 2 aliphatic carbocycles. The zero-order chi connectivity index (χ0) is 25.0. The van der Waals surface area contributed by atoms with E-state index in [9.17, 15) is 14.0 Å². The van der Waals surface area contributed by atoms with Gasteiger partial charge in [0, 0.05) is 35.1 Å². The Hall–Kier alpha value is -4.33. The van der Waals surface area contributed by atoms with Gasteiger partial charge in [0.15, 0.2) is 0 Å². The number of hydrogen-bond acceptors (Lipinski definition) is 4. The van der Waals surface area contributed by atoms with E-state index in [-0.39, 0.29) is 35.4 Å².